The zero-order valence-electron chi connectivity index (χ0n) is 12.8. The van der Waals surface area contributed by atoms with Crippen molar-refractivity contribution in [3.8, 4) is 11.4 Å². The van der Waals surface area contributed by atoms with Crippen LogP contribution in [0.1, 0.15) is 26.7 Å². The molecule has 7 heteroatoms. The molecule has 0 saturated carbocycles. The third kappa shape index (κ3) is 3.64. The van der Waals surface area contributed by atoms with Crippen molar-refractivity contribution in [2.45, 2.75) is 26.7 Å². The van der Waals surface area contributed by atoms with Crippen LogP contribution >= 0.6 is 12.4 Å². The number of nitrogens with two attached hydrogens (primary N) is 1. The Morgan fingerprint density at radius 1 is 1.27 bits per heavy atom. The predicted octanol–water partition coefficient (Wildman–Crippen LogP) is 2.60. The molecule has 2 aromatic rings. The third-order valence-electron chi connectivity index (χ3n) is 4.06. The molecule has 1 heterocycles. The van der Waals surface area contributed by atoms with Crippen LogP contribution < -0.4 is 11.1 Å². The van der Waals surface area contributed by atoms with Crippen LogP contribution in [-0.2, 0) is 4.79 Å². The number of aromatic nitrogens is 3. The molecule has 0 bridgehead atoms. The molecule has 0 aliphatic rings. The second kappa shape index (κ2) is 7.91. The van der Waals surface area contributed by atoms with E-state index in [0.717, 1.165) is 24.1 Å². The first-order chi connectivity index (χ1) is 10.1. The maximum absolute atomic E-state index is 12.4. The number of nitrogens with one attached hydrogen (secondary N) is 2. The van der Waals surface area contributed by atoms with E-state index in [0.29, 0.717) is 12.4 Å². The van der Waals surface area contributed by atoms with Gasteiger partial charge in [-0.2, -0.15) is 5.10 Å². The van der Waals surface area contributed by atoms with Gasteiger partial charge in [0.15, 0.2) is 5.82 Å². The van der Waals surface area contributed by atoms with Gasteiger partial charge in [-0.25, -0.2) is 4.98 Å². The zero-order chi connectivity index (χ0) is 15.3. The van der Waals surface area contributed by atoms with E-state index in [4.69, 9.17) is 5.73 Å². The van der Waals surface area contributed by atoms with Crippen molar-refractivity contribution in [1.29, 1.82) is 0 Å². The second-order valence-electron chi connectivity index (χ2n) is 5.06. The first-order valence-corrected chi connectivity index (χ1v) is 7.12. The molecule has 0 aliphatic carbocycles. The number of halogens is 1. The maximum Gasteiger partial charge on any atom is 0.231 e. The third-order valence-corrected chi connectivity index (χ3v) is 4.06. The number of hydrogen-bond acceptors (Lipinski definition) is 4. The summed E-state index contributed by atoms with van der Waals surface area (Å²) in [7, 11) is 0. The number of nitrogens with zero attached hydrogens (tertiary/aromatic N) is 2. The number of H-pyrrole nitrogens is 1. The summed E-state index contributed by atoms with van der Waals surface area (Å²) >= 11 is 0. The number of anilines is 1. The summed E-state index contributed by atoms with van der Waals surface area (Å²) < 4.78 is 0. The lowest BCUT2D eigenvalue weighted by Gasteiger charge is -2.28. The molecule has 22 heavy (non-hydrogen) atoms. The molecular formula is C15H22ClN5O. The number of hydrogen-bond donors (Lipinski definition) is 3. The predicted molar refractivity (Wildman–Crippen MR) is 89.8 cm³/mol. The van der Waals surface area contributed by atoms with Gasteiger partial charge in [-0.05, 0) is 37.1 Å². The standard InChI is InChI=1S/C15H21N5O.ClH/c1-3-15(4-2,9-16)14(21)19-12-7-5-11(6-8-12)13-17-10-18-20-13;/h5-8,10H,3-4,9,16H2,1-2H3,(H,19,21)(H,17,18,20);1H. The normalized spacial score (nSPS) is 10.9. The van der Waals surface area contributed by atoms with E-state index in [2.05, 4.69) is 20.5 Å². The molecule has 6 nitrogen and oxygen atoms in total. The molecule has 0 fully saturated rings. The lowest BCUT2D eigenvalue weighted by Crippen LogP contribution is -2.41. The van der Waals surface area contributed by atoms with Crippen molar-refractivity contribution in [2.75, 3.05) is 11.9 Å². The van der Waals surface area contributed by atoms with E-state index >= 15 is 0 Å². The number of benzene rings is 1. The number of amides is 1. The highest BCUT2D eigenvalue weighted by molar-refractivity contribution is 5.95. The van der Waals surface area contributed by atoms with Gasteiger partial charge >= 0.3 is 0 Å². The summed E-state index contributed by atoms with van der Waals surface area (Å²) in [6.07, 6.45) is 2.91. The summed E-state index contributed by atoms with van der Waals surface area (Å²) in [5, 5.41) is 9.56. The van der Waals surface area contributed by atoms with Crippen molar-refractivity contribution >= 4 is 24.0 Å². The summed E-state index contributed by atoms with van der Waals surface area (Å²) in [5.41, 5.74) is 6.97. The van der Waals surface area contributed by atoms with E-state index in [-0.39, 0.29) is 18.3 Å². The van der Waals surface area contributed by atoms with Gasteiger partial charge in [-0.3, -0.25) is 9.89 Å². The molecule has 1 amide bonds. The van der Waals surface area contributed by atoms with Gasteiger partial charge in [-0.15, -0.1) is 12.4 Å². The first-order valence-electron chi connectivity index (χ1n) is 7.12. The number of carbonyl (C=O) groups excluding carboxylic acids is 1. The van der Waals surface area contributed by atoms with Crippen LogP contribution in [0.25, 0.3) is 11.4 Å². The Morgan fingerprint density at radius 3 is 2.36 bits per heavy atom. The van der Waals surface area contributed by atoms with Gasteiger partial charge in [0.25, 0.3) is 0 Å². The molecule has 120 valence electrons. The van der Waals surface area contributed by atoms with Crippen molar-refractivity contribution in [2.24, 2.45) is 11.1 Å². The van der Waals surface area contributed by atoms with Gasteiger partial charge in [0.1, 0.15) is 6.33 Å². The highest BCUT2D eigenvalue weighted by Gasteiger charge is 2.33. The summed E-state index contributed by atoms with van der Waals surface area (Å²) in [5.74, 6) is 0.675. The fourth-order valence-electron chi connectivity index (χ4n) is 2.27. The zero-order valence-corrected chi connectivity index (χ0v) is 13.6. The van der Waals surface area contributed by atoms with Gasteiger partial charge in [0.05, 0.1) is 5.41 Å². The van der Waals surface area contributed by atoms with Crippen LogP contribution in [-0.4, -0.2) is 27.6 Å². The number of aromatic amines is 1. The Kier molecular flexibility index (Phi) is 6.52. The molecule has 1 aromatic carbocycles. The van der Waals surface area contributed by atoms with Crippen molar-refractivity contribution in [1.82, 2.24) is 15.2 Å². The van der Waals surface area contributed by atoms with E-state index in [1.165, 1.54) is 6.33 Å². The van der Waals surface area contributed by atoms with Gasteiger partial charge in [-0.1, -0.05) is 13.8 Å². The van der Waals surface area contributed by atoms with Gasteiger partial charge < -0.3 is 11.1 Å². The summed E-state index contributed by atoms with van der Waals surface area (Å²) in [6.45, 7) is 4.33. The smallest absolute Gasteiger partial charge is 0.231 e. The molecule has 0 spiro atoms. The maximum atomic E-state index is 12.4. The Hall–Kier alpha value is -1.92. The van der Waals surface area contributed by atoms with Crippen LogP contribution in [0, 0.1) is 5.41 Å². The fraction of sp³-hybridized carbons (Fsp3) is 0.400. The average molecular weight is 324 g/mol. The molecule has 0 atom stereocenters. The quantitative estimate of drug-likeness (QED) is 0.761. The number of carbonyl (C=O) groups is 1. The molecule has 0 unspecified atom stereocenters. The van der Waals surface area contributed by atoms with Crippen molar-refractivity contribution in [3.63, 3.8) is 0 Å². The molecule has 1 aromatic heterocycles. The minimum absolute atomic E-state index is 0. The molecule has 2 rings (SSSR count). The van der Waals surface area contributed by atoms with Crippen LogP contribution in [0.2, 0.25) is 0 Å². The SMILES string of the molecule is CCC(CC)(CN)C(=O)Nc1ccc(-c2ncn[nH]2)cc1.Cl. The topological polar surface area (TPSA) is 96.7 Å². The minimum atomic E-state index is -0.496. The van der Waals surface area contributed by atoms with Gasteiger partial charge in [0, 0.05) is 17.8 Å². The van der Waals surface area contributed by atoms with Crippen LogP contribution in [0.15, 0.2) is 30.6 Å². The highest BCUT2D eigenvalue weighted by Crippen LogP contribution is 2.27. The average Bonchev–Trinajstić information content (AvgIpc) is 3.05. The lowest BCUT2D eigenvalue weighted by molar-refractivity contribution is -0.125. The number of rotatable bonds is 6. The van der Waals surface area contributed by atoms with Crippen molar-refractivity contribution < 1.29 is 4.79 Å². The van der Waals surface area contributed by atoms with E-state index < -0.39 is 5.41 Å². The van der Waals surface area contributed by atoms with E-state index in [9.17, 15) is 4.79 Å². The molecule has 0 radical (unpaired) electrons. The molecular weight excluding hydrogens is 302 g/mol. The second-order valence-corrected chi connectivity index (χ2v) is 5.06. The Balaban J connectivity index is 0.00000242. The highest BCUT2D eigenvalue weighted by atomic mass is 35.5. The van der Waals surface area contributed by atoms with Crippen LogP contribution in [0.5, 0.6) is 0 Å². The van der Waals surface area contributed by atoms with Gasteiger partial charge in [0.2, 0.25) is 5.91 Å². The largest absolute Gasteiger partial charge is 0.329 e. The van der Waals surface area contributed by atoms with Crippen molar-refractivity contribution in [3.05, 3.63) is 30.6 Å². The van der Waals surface area contributed by atoms with Crippen LogP contribution in [0.4, 0.5) is 5.69 Å². The lowest BCUT2D eigenvalue weighted by atomic mass is 9.81. The van der Waals surface area contributed by atoms with E-state index in [1.54, 1.807) is 0 Å². The minimum Gasteiger partial charge on any atom is -0.329 e. The summed E-state index contributed by atoms with van der Waals surface area (Å²) in [6, 6.07) is 7.47. The fourth-order valence-corrected chi connectivity index (χ4v) is 2.27. The molecule has 4 N–H and O–H groups in total. The Labute approximate surface area is 136 Å². The van der Waals surface area contributed by atoms with Crippen LogP contribution in [0.3, 0.4) is 0 Å². The Morgan fingerprint density at radius 2 is 1.91 bits per heavy atom. The Bertz CT molecular complexity index is 570. The van der Waals surface area contributed by atoms with E-state index in [1.807, 2.05) is 38.1 Å². The first kappa shape index (κ1) is 18.1. The monoisotopic (exact) mass is 323 g/mol. The summed E-state index contributed by atoms with van der Waals surface area (Å²) in [4.78, 5) is 16.5. The molecule has 0 aliphatic heterocycles. The molecule has 0 saturated heterocycles.